The van der Waals surface area contributed by atoms with Crippen molar-refractivity contribution in [2.45, 2.75) is 58.4 Å². The highest BCUT2D eigenvalue weighted by molar-refractivity contribution is 7.13. The maximum Gasteiger partial charge on any atom is 0.160 e. The van der Waals surface area contributed by atoms with Gasteiger partial charge in [0.25, 0.3) is 0 Å². The number of aryl methyl sites for hydroxylation is 2. The molecular formula is C17H30N2OS. The van der Waals surface area contributed by atoms with Gasteiger partial charge >= 0.3 is 0 Å². The standard InChI is InChI=1S/C9H10OS.C6H14N2.C2H6/c10-6-8-5-7-3-1-2-4-9(7)11-8;1-7-6-3-2-4-8-5-6;1-2/h5-6H,1-4H2;6-8H,2-5H2,1H3;1-2H3. The first kappa shape index (κ1) is 18.3. The van der Waals surface area contributed by atoms with Crippen LogP contribution in [0.4, 0.5) is 0 Å². The second kappa shape index (κ2) is 10.9. The van der Waals surface area contributed by atoms with Crippen LogP contribution in [0.3, 0.4) is 0 Å². The molecule has 3 nitrogen and oxygen atoms in total. The van der Waals surface area contributed by atoms with Crippen molar-refractivity contribution in [1.29, 1.82) is 0 Å². The van der Waals surface area contributed by atoms with E-state index in [2.05, 4.69) is 10.6 Å². The Bertz CT molecular complexity index is 374. The Morgan fingerprint density at radius 3 is 2.57 bits per heavy atom. The zero-order chi connectivity index (χ0) is 15.5. The van der Waals surface area contributed by atoms with Crippen LogP contribution < -0.4 is 10.6 Å². The minimum absolute atomic E-state index is 0.726. The van der Waals surface area contributed by atoms with Crippen molar-refractivity contribution >= 4 is 17.6 Å². The van der Waals surface area contributed by atoms with Crippen molar-refractivity contribution in [2.75, 3.05) is 20.1 Å². The van der Waals surface area contributed by atoms with Crippen LogP contribution in [0.2, 0.25) is 0 Å². The molecule has 0 bridgehead atoms. The summed E-state index contributed by atoms with van der Waals surface area (Å²) in [5, 5.41) is 6.56. The van der Waals surface area contributed by atoms with E-state index in [-0.39, 0.29) is 0 Å². The van der Waals surface area contributed by atoms with Gasteiger partial charge < -0.3 is 10.6 Å². The number of thiophene rings is 1. The summed E-state index contributed by atoms with van der Waals surface area (Å²) in [5.74, 6) is 0. The van der Waals surface area contributed by atoms with Gasteiger partial charge in [0.1, 0.15) is 0 Å². The van der Waals surface area contributed by atoms with Crippen LogP contribution in [0.5, 0.6) is 0 Å². The van der Waals surface area contributed by atoms with Crippen LogP contribution in [0, 0.1) is 0 Å². The first-order chi connectivity index (χ1) is 10.3. The molecule has 4 heteroatoms. The summed E-state index contributed by atoms with van der Waals surface area (Å²) in [7, 11) is 2.03. The third-order valence-corrected chi connectivity index (χ3v) is 5.00. The SMILES string of the molecule is CC.CNC1CCCNC1.O=Cc1cc2c(s1)CCCC2. The van der Waals surface area contributed by atoms with Gasteiger partial charge in [-0.15, -0.1) is 11.3 Å². The maximum absolute atomic E-state index is 10.4. The van der Waals surface area contributed by atoms with Crippen molar-refractivity contribution in [2.24, 2.45) is 0 Å². The molecule has 2 aliphatic rings. The number of likely N-dealkylation sites (N-methyl/N-ethyl adjacent to an activating group) is 1. The van der Waals surface area contributed by atoms with Crippen LogP contribution in [0.15, 0.2) is 6.07 Å². The van der Waals surface area contributed by atoms with E-state index in [9.17, 15) is 4.79 Å². The lowest BCUT2D eigenvalue weighted by molar-refractivity contribution is 0.112. The van der Waals surface area contributed by atoms with Crippen molar-refractivity contribution in [1.82, 2.24) is 10.6 Å². The Morgan fingerprint density at radius 2 is 2.05 bits per heavy atom. The first-order valence-electron chi connectivity index (χ1n) is 8.28. The van der Waals surface area contributed by atoms with Crippen LogP contribution in [-0.4, -0.2) is 32.5 Å². The molecule has 0 amide bonds. The summed E-state index contributed by atoms with van der Waals surface area (Å²) >= 11 is 1.67. The average Bonchev–Trinajstić information content (AvgIpc) is 3.01. The lowest BCUT2D eigenvalue weighted by Crippen LogP contribution is -2.41. The minimum Gasteiger partial charge on any atom is -0.316 e. The largest absolute Gasteiger partial charge is 0.316 e. The van der Waals surface area contributed by atoms with Crippen LogP contribution in [-0.2, 0) is 12.8 Å². The van der Waals surface area contributed by atoms with Gasteiger partial charge in [-0.3, -0.25) is 4.79 Å². The quantitative estimate of drug-likeness (QED) is 0.822. The minimum atomic E-state index is 0.726. The molecule has 0 aromatic carbocycles. The summed E-state index contributed by atoms with van der Waals surface area (Å²) in [4.78, 5) is 12.8. The van der Waals surface area contributed by atoms with Gasteiger partial charge in [0, 0.05) is 17.5 Å². The molecule has 21 heavy (non-hydrogen) atoms. The van der Waals surface area contributed by atoms with E-state index in [1.165, 1.54) is 55.5 Å². The van der Waals surface area contributed by atoms with Gasteiger partial charge in [-0.05, 0) is 63.7 Å². The molecule has 1 aliphatic heterocycles. The first-order valence-corrected chi connectivity index (χ1v) is 9.10. The highest BCUT2D eigenvalue weighted by atomic mass is 32.1. The molecule has 1 fully saturated rings. The lowest BCUT2D eigenvalue weighted by Gasteiger charge is -2.21. The Hall–Kier alpha value is -0.710. The van der Waals surface area contributed by atoms with E-state index in [1.54, 1.807) is 11.3 Å². The molecule has 1 saturated heterocycles. The van der Waals surface area contributed by atoms with E-state index in [1.807, 2.05) is 27.0 Å². The molecule has 3 rings (SSSR count). The van der Waals surface area contributed by atoms with E-state index in [0.717, 1.165) is 23.7 Å². The number of hydrogen-bond acceptors (Lipinski definition) is 4. The molecule has 2 N–H and O–H groups in total. The molecule has 0 spiro atoms. The van der Waals surface area contributed by atoms with Crippen LogP contribution in [0.1, 0.15) is 59.6 Å². The summed E-state index contributed by atoms with van der Waals surface area (Å²) in [6.07, 6.45) is 8.58. The molecule has 1 aromatic heterocycles. The third kappa shape index (κ3) is 6.29. The summed E-state index contributed by atoms with van der Waals surface area (Å²) in [5.41, 5.74) is 1.42. The normalized spacial score (nSPS) is 20.2. The topological polar surface area (TPSA) is 41.1 Å². The Labute approximate surface area is 133 Å². The number of rotatable bonds is 2. The number of carbonyl (C=O) groups excluding carboxylic acids is 1. The van der Waals surface area contributed by atoms with Crippen LogP contribution >= 0.6 is 11.3 Å². The molecule has 1 atom stereocenters. The molecule has 120 valence electrons. The predicted molar refractivity (Wildman–Crippen MR) is 92.6 cm³/mol. The van der Waals surface area contributed by atoms with Gasteiger partial charge in [-0.1, -0.05) is 13.8 Å². The fourth-order valence-electron chi connectivity index (χ4n) is 2.67. The molecule has 1 aliphatic carbocycles. The number of nitrogens with one attached hydrogen (secondary N) is 2. The Kier molecular flexibility index (Phi) is 9.55. The maximum atomic E-state index is 10.4. The highest BCUT2D eigenvalue weighted by Crippen LogP contribution is 2.28. The van der Waals surface area contributed by atoms with Gasteiger partial charge in [0.15, 0.2) is 6.29 Å². The smallest absolute Gasteiger partial charge is 0.160 e. The number of carbonyl (C=O) groups is 1. The third-order valence-electron chi connectivity index (χ3n) is 3.84. The number of hydrogen-bond donors (Lipinski definition) is 2. The molecule has 0 saturated carbocycles. The van der Waals surface area contributed by atoms with Gasteiger partial charge in [-0.2, -0.15) is 0 Å². The van der Waals surface area contributed by atoms with E-state index >= 15 is 0 Å². The molecular weight excluding hydrogens is 280 g/mol. The summed E-state index contributed by atoms with van der Waals surface area (Å²) in [6, 6.07) is 2.77. The van der Waals surface area contributed by atoms with Crippen molar-refractivity contribution in [3.05, 3.63) is 21.4 Å². The van der Waals surface area contributed by atoms with Crippen molar-refractivity contribution in [3.8, 4) is 0 Å². The second-order valence-corrected chi connectivity index (χ2v) is 6.42. The van der Waals surface area contributed by atoms with Gasteiger partial charge in [0.05, 0.1) is 4.88 Å². The monoisotopic (exact) mass is 310 g/mol. The van der Waals surface area contributed by atoms with Crippen molar-refractivity contribution in [3.63, 3.8) is 0 Å². The molecule has 2 heterocycles. The number of piperidine rings is 1. The predicted octanol–water partition coefficient (Wildman–Crippen LogP) is 3.42. The fourth-order valence-corrected chi connectivity index (χ4v) is 3.74. The second-order valence-electron chi connectivity index (χ2n) is 5.25. The lowest BCUT2D eigenvalue weighted by atomic mass is 9.99. The van der Waals surface area contributed by atoms with Gasteiger partial charge in [0.2, 0.25) is 0 Å². The average molecular weight is 311 g/mol. The van der Waals surface area contributed by atoms with E-state index in [0.29, 0.717) is 0 Å². The van der Waals surface area contributed by atoms with Crippen molar-refractivity contribution < 1.29 is 4.79 Å². The Morgan fingerprint density at radius 1 is 1.29 bits per heavy atom. The van der Waals surface area contributed by atoms with E-state index < -0.39 is 0 Å². The molecule has 1 aromatic rings. The summed E-state index contributed by atoms with van der Waals surface area (Å²) < 4.78 is 0. The Balaban J connectivity index is 0.000000196. The molecule has 1 unspecified atom stereocenters. The fraction of sp³-hybridized carbons (Fsp3) is 0.706. The summed E-state index contributed by atoms with van der Waals surface area (Å²) in [6.45, 7) is 6.36. The molecule has 0 radical (unpaired) electrons. The number of fused-ring (bicyclic) bond motifs is 1. The van der Waals surface area contributed by atoms with Crippen LogP contribution in [0.25, 0.3) is 0 Å². The number of aldehydes is 1. The zero-order valence-corrected chi connectivity index (χ0v) is 14.5. The van der Waals surface area contributed by atoms with E-state index in [4.69, 9.17) is 0 Å². The van der Waals surface area contributed by atoms with Gasteiger partial charge in [-0.25, -0.2) is 0 Å². The zero-order valence-electron chi connectivity index (χ0n) is 13.7. The highest BCUT2D eigenvalue weighted by Gasteiger charge is 2.12.